The molecule has 26 heavy (non-hydrogen) atoms. The first kappa shape index (κ1) is 21.0. The lowest BCUT2D eigenvalue weighted by atomic mass is 10.3. The maximum Gasteiger partial charge on any atom is 0.414 e. The van der Waals surface area contributed by atoms with Gasteiger partial charge in [-0.3, -0.25) is 0 Å². The topological polar surface area (TPSA) is 118 Å². The molecule has 0 aliphatic rings. The van der Waals surface area contributed by atoms with Crippen LogP contribution in [-0.2, 0) is 16.1 Å². The van der Waals surface area contributed by atoms with Crippen LogP contribution in [0, 0.1) is 0 Å². The average molecular weight is 365 g/mol. The summed E-state index contributed by atoms with van der Waals surface area (Å²) in [6.07, 6.45) is 2.62. The minimum absolute atomic E-state index is 0.644. The SMILES string of the molecule is CCOc1ccccc1OCCCNCc1ccco1.O=C(O)C(=O)O. The van der Waals surface area contributed by atoms with Gasteiger partial charge in [0, 0.05) is 0 Å². The number of rotatable bonds is 9. The van der Waals surface area contributed by atoms with Gasteiger partial charge >= 0.3 is 11.9 Å². The van der Waals surface area contributed by atoms with Crippen LogP contribution in [0.2, 0.25) is 0 Å². The first-order valence-corrected chi connectivity index (χ1v) is 8.08. The molecule has 0 spiro atoms. The Morgan fingerprint density at radius 2 is 1.69 bits per heavy atom. The van der Waals surface area contributed by atoms with Crippen LogP contribution in [0.1, 0.15) is 19.1 Å². The highest BCUT2D eigenvalue weighted by molar-refractivity contribution is 6.27. The zero-order chi connectivity index (χ0) is 19.2. The van der Waals surface area contributed by atoms with Crippen LogP contribution in [0.4, 0.5) is 0 Å². The fraction of sp³-hybridized carbons (Fsp3) is 0.333. The van der Waals surface area contributed by atoms with Crippen LogP contribution in [0.25, 0.3) is 0 Å². The van der Waals surface area contributed by atoms with Crippen molar-refractivity contribution in [3.05, 3.63) is 48.4 Å². The summed E-state index contributed by atoms with van der Waals surface area (Å²) in [5, 5.41) is 18.1. The van der Waals surface area contributed by atoms with Crippen LogP contribution in [0.3, 0.4) is 0 Å². The van der Waals surface area contributed by atoms with E-state index in [1.165, 1.54) is 0 Å². The van der Waals surface area contributed by atoms with Crippen LogP contribution in [-0.4, -0.2) is 41.9 Å². The summed E-state index contributed by atoms with van der Waals surface area (Å²) in [4.78, 5) is 18.2. The van der Waals surface area contributed by atoms with Crippen molar-refractivity contribution in [2.75, 3.05) is 19.8 Å². The lowest BCUT2D eigenvalue weighted by Crippen LogP contribution is -2.16. The molecule has 0 saturated heterocycles. The second-order valence-electron chi connectivity index (χ2n) is 4.95. The number of benzene rings is 1. The third-order valence-corrected chi connectivity index (χ3v) is 2.97. The molecule has 8 nitrogen and oxygen atoms in total. The van der Waals surface area contributed by atoms with E-state index in [9.17, 15) is 0 Å². The fourth-order valence-corrected chi connectivity index (χ4v) is 1.85. The Hall–Kier alpha value is -3.00. The fourth-order valence-electron chi connectivity index (χ4n) is 1.85. The summed E-state index contributed by atoms with van der Waals surface area (Å²) in [5.74, 6) is -1.09. The van der Waals surface area contributed by atoms with Gasteiger partial charge in [0.2, 0.25) is 0 Å². The number of nitrogens with one attached hydrogen (secondary N) is 1. The molecule has 8 heteroatoms. The summed E-state index contributed by atoms with van der Waals surface area (Å²) in [7, 11) is 0. The number of para-hydroxylation sites is 2. The molecule has 0 radical (unpaired) electrons. The van der Waals surface area contributed by atoms with Gasteiger partial charge in [-0.25, -0.2) is 9.59 Å². The normalized spacial score (nSPS) is 9.73. The number of ether oxygens (including phenoxy) is 2. The Bertz CT molecular complexity index is 643. The Kier molecular flexibility index (Phi) is 10.0. The molecule has 0 bridgehead atoms. The smallest absolute Gasteiger partial charge is 0.414 e. The predicted octanol–water partition coefficient (Wildman–Crippen LogP) is 2.39. The van der Waals surface area contributed by atoms with Gasteiger partial charge in [0.15, 0.2) is 11.5 Å². The molecule has 2 rings (SSSR count). The van der Waals surface area contributed by atoms with Crippen molar-refractivity contribution in [3.8, 4) is 11.5 Å². The maximum atomic E-state index is 9.10. The molecule has 1 aromatic heterocycles. The second kappa shape index (κ2) is 12.4. The molecule has 1 heterocycles. The summed E-state index contributed by atoms with van der Waals surface area (Å²) in [6, 6.07) is 11.6. The molecule has 0 aliphatic heterocycles. The Labute approximate surface area is 151 Å². The Morgan fingerprint density at radius 1 is 1.04 bits per heavy atom. The number of hydrogen-bond donors (Lipinski definition) is 3. The van der Waals surface area contributed by atoms with E-state index >= 15 is 0 Å². The van der Waals surface area contributed by atoms with Crippen LogP contribution < -0.4 is 14.8 Å². The van der Waals surface area contributed by atoms with Crippen LogP contribution >= 0.6 is 0 Å². The van der Waals surface area contributed by atoms with Gasteiger partial charge < -0.3 is 29.4 Å². The van der Waals surface area contributed by atoms with Gasteiger partial charge in [-0.2, -0.15) is 0 Å². The maximum absolute atomic E-state index is 9.10. The van der Waals surface area contributed by atoms with Gasteiger partial charge in [0.1, 0.15) is 5.76 Å². The standard InChI is InChI=1S/C16H21NO3.C2H2O4/c1-2-18-15-8-3-4-9-16(15)20-12-6-10-17-13-14-7-5-11-19-14;3-1(4)2(5)6/h3-5,7-9,11,17H,2,6,10,12-13H2,1H3;(H,3,4)(H,5,6). The number of carboxylic acids is 2. The first-order chi connectivity index (χ1) is 12.5. The lowest BCUT2D eigenvalue weighted by molar-refractivity contribution is -0.159. The summed E-state index contributed by atoms with van der Waals surface area (Å²) >= 11 is 0. The van der Waals surface area contributed by atoms with Crippen molar-refractivity contribution in [1.29, 1.82) is 0 Å². The van der Waals surface area contributed by atoms with Crippen molar-refractivity contribution < 1.29 is 33.7 Å². The van der Waals surface area contributed by atoms with Gasteiger partial charge in [-0.05, 0) is 44.2 Å². The molecule has 0 aliphatic carbocycles. The number of furan rings is 1. The van der Waals surface area contributed by atoms with Crippen LogP contribution in [0.5, 0.6) is 11.5 Å². The number of carbonyl (C=O) groups is 2. The van der Waals surface area contributed by atoms with E-state index in [1.807, 2.05) is 43.3 Å². The van der Waals surface area contributed by atoms with Gasteiger partial charge in [0.25, 0.3) is 0 Å². The molecule has 0 fully saturated rings. The number of aliphatic carboxylic acids is 2. The van der Waals surface area contributed by atoms with Crippen molar-refractivity contribution in [3.63, 3.8) is 0 Å². The monoisotopic (exact) mass is 365 g/mol. The van der Waals surface area contributed by atoms with E-state index in [0.717, 1.165) is 36.8 Å². The molecule has 0 unspecified atom stereocenters. The van der Waals surface area contributed by atoms with Crippen molar-refractivity contribution in [2.24, 2.45) is 0 Å². The number of hydrogen-bond acceptors (Lipinski definition) is 6. The molecule has 0 saturated carbocycles. The predicted molar refractivity (Wildman–Crippen MR) is 93.4 cm³/mol. The Balaban J connectivity index is 0.000000487. The van der Waals surface area contributed by atoms with E-state index < -0.39 is 11.9 Å². The lowest BCUT2D eigenvalue weighted by Gasteiger charge is -2.11. The molecule has 1 aromatic carbocycles. The van der Waals surface area contributed by atoms with Gasteiger partial charge in [-0.1, -0.05) is 12.1 Å². The molecule has 142 valence electrons. The van der Waals surface area contributed by atoms with E-state index in [-0.39, 0.29) is 0 Å². The van der Waals surface area contributed by atoms with E-state index in [0.29, 0.717) is 13.2 Å². The quantitative estimate of drug-likeness (QED) is 0.458. The third kappa shape index (κ3) is 8.74. The van der Waals surface area contributed by atoms with E-state index in [2.05, 4.69) is 5.32 Å². The van der Waals surface area contributed by atoms with Gasteiger partial charge in [0.05, 0.1) is 26.0 Å². The highest BCUT2D eigenvalue weighted by Gasteiger charge is 2.04. The largest absolute Gasteiger partial charge is 0.490 e. The second-order valence-corrected chi connectivity index (χ2v) is 4.95. The van der Waals surface area contributed by atoms with Crippen molar-refractivity contribution in [2.45, 2.75) is 19.9 Å². The summed E-state index contributed by atoms with van der Waals surface area (Å²) in [5.41, 5.74) is 0. The average Bonchev–Trinajstić information content (AvgIpc) is 3.13. The molecular formula is C18H23NO7. The Morgan fingerprint density at radius 3 is 2.23 bits per heavy atom. The summed E-state index contributed by atoms with van der Waals surface area (Å²) < 4.78 is 16.5. The van der Waals surface area contributed by atoms with Crippen LogP contribution in [0.15, 0.2) is 47.1 Å². The van der Waals surface area contributed by atoms with Gasteiger partial charge in [-0.15, -0.1) is 0 Å². The van der Waals surface area contributed by atoms with Crippen molar-refractivity contribution in [1.82, 2.24) is 5.32 Å². The minimum atomic E-state index is -1.82. The minimum Gasteiger partial charge on any atom is -0.490 e. The summed E-state index contributed by atoms with van der Waals surface area (Å²) in [6.45, 7) is 4.91. The van der Waals surface area contributed by atoms with E-state index in [4.69, 9.17) is 33.7 Å². The highest BCUT2D eigenvalue weighted by atomic mass is 16.5. The number of carboxylic acid groups (broad SMARTS) is 2. The molecule has 0 amide bonds. The van der Waals surface area contributed by atoms with E-state index in [1.54, 1.807) is 6.26 Å². The molecule has 0 atom stereocenters. The van der Waals surface area contributed by atoms with Crippen molar-refractivity contribution >= 4 is 11.9 Å². The zero-order valence-electron chi connectivity index (χ0n) is 14.5. The molecular weight excluding hydrogens is 342 g/mol. The molecule has 3 N–H and O–H groups in total. The molecule has 2 aromatic rings. The zero-order valence-corrected chi connectivity index (χ0v) is 14.5. The highest BCUT2D eigenvalue weighted by Crippen LogP contribution is 2.26. The third-order valence-electron chi connectivity index (χ3n) is 2.97. The first-order valence-electron chi connectivity index (χ1n) is 8.08.